The molecule has 7 heteroatoms. The number of hydrogen-bond acceptors (Lipinski definition) is 5. The topological polar surface area (TPSA) is 66.4 Å². The Balaban J connectivity index is 0.000000148. The van der Waals surface area contributed by atoms with Gasteiger partial charge in [0.05, 0.1) is 23.3 Å². The number of aliphatic imine (C=N–C) groups is 4. The molecule has 7 rings (SSSR count). The first-order valence-corrected chi connectivity index (χ1v) is 16.3. The summed E-state index contributed by atoms with van der Waals surface area (Å²) in [4.78, 5) is 16.2. The third-order valence-corrected chi connectivity index (χ3v) is 8.33. The zero-order chi connectivity index (χ0) is 32.8. The maximum absolute atomic E-state index is 4.66. The van der Waals surface area contributed by atoms with Crippen molar-refractivity contribution < 1.29 is 0 Å². The number of aromatic nitrogens is 1. The smallest absolute Gasteiger partial charge is 0.140 e. The van der Waals surface area contributed by atoms with Crippen molar-refractivity contribution in [3.63, 3.8) is 0 Å². The molecule has 2 heterocycles. The molecule has 234 valence electrons. The van der Waals surface area contributed by atoms with Crippen LogP contribution in [0.5, 0.6) is 0 Å². The lowest BCUT2D eigenvalue weighted by Crippen LogP contribution is -2.24. The molecule has 0 aliphatic heterocycles. The van der Waals surface area contributed by atoms with Crippen LogP contribution in [-0.2, 0) is 13.2 Å². The molecule has 0 saturated carbocycles. The summed E-state index contributed by atoms with van der Waals surface area (Å²) in [6.07, 6.45) is 0. The first-order valence-electron chi connectivity index (χ1n) is 15.4. The molecule has 0 aliphatic rings. The summed E-state index contributed by atoms with van der Waals surface area (Å²) in [5.74, 6) is 0.960. The van der Waals surface area contributed by atoms with E-state index in [1.807, 2.05) is 47.8 Å². The lowest BCUT2D eigenvalue weighted by atomic mass is 10.0. The Hall–Kier alpha value is -5.66. The molecule has 5 aromatic carbocycles. The second-order valence-electron chi connectivity index (χ2n) is 10.5. The van der Waals surface area contributed by atoms with Crippen molar-refractivity contribution >= 4 is 80.6 Å². The Morgan fingerprint density at radius 1 is 0.702 bits per heavy atom. The van der Waals surface area contributed by atoms with Crippen molar-refractivity contribution in [3.05, 3.63) is 144 Å². The van der Waals surface area contributed by atoms with Gasteiger partial charge in [-0.05, 0) is 67.0 Å². The molecule has 0 radical (unpaired) electrons. The molecular formula is C40H38N6S. The normalized spacial score (nSPS) is 10.9. The van der Waals surface area contributed by atoms with Crippen molar-refractivity contribution in [2.75, 3.05) is 6.54 Å². The zero-order valence-electron chi connectivity index (χ0n) is 26.6. The largest absolute Gasteiger partial charge is 0.370 e. The number of benzene rings is 5. The van der Waals surface area contributed by atoms with Gasteiger partial charge in [0.15, 0.2) is 0 Å². The summed E-state index contributed by atoms with van der Waals surface area (Å²) in [5.41, 5.74) is 5.61. The van der Waals surface area contributed by atoms with E-state index in [0.29, 0.717) is 13.2 Å². The van der Waals surface area contributed by atoms with Crippen LogP contribution in [0.25, 0.3) is 32.6 Å². The van der Waals surface area contributed by atoms with E-state index in [9.17, 15) is 0 Å². The average Bonchev–Trinajstić information content (AvgIpc) is 3.74. The fourth-order valence-corrected chi connectivity index (χ4v) is 6.02. The number of nitrogens with zero attached hydrogens (tertiary/aromatic N) is 5. The van der Waals surface area contributed by atoms with E-state index in [1.54, 1.807) is 0 Å². The minimum absolute atomic E-state index is 0.586. The summed E-state index contributed by atoms with van der Waals surface area (Å²) in [6.45, 7) is 14.7. The number of rotatable bonds is 8. The van der Waals surface area contributed by atoms with Crippen LogP contribution >= 0.6 is 11.3 Å². The molecule has 0 amide bonds. The molecule has 0 saturated heterocycles. The van der Waals surface area contributed by atoms with Crippen molar-refractivity contribution in [1.82, 2.24) is 9.88 Å². The average molecular weight is 635 g/mol. The first kappa shape index (κ1) is 32.7. The SMILES string of the molecule is C=NCn1c2ccccc2c2c3ccccc3ccc21.C=Nc1ccsc1N=C.CCNC(=NCc1ccccc1)c1ccccc1. The number of para-hydroxylation sites is 1. The van der Waals surface area contributed by atoms with E-state index in [1.165, 1.54) is 49.5 Å². The summed E-state index contributed by atoms with van der Waals surface area (Å²) in [7, 11) is 0. The molecule has 0 fully saturated rings. The molecule has 6 nitrogen and oxygen atoms in total. The van der Waals surface area contributed by atoms with E-state index in [2.05, 4.69) is 142 Å². The van der Waals surface area contributed by atoms with Gasteiger partial charge in [0.1, 0.15) is 17.5 Å². The quantitative estimate of drug-likeness (QED) is 0.131. The van der Waals surface area contributed by atoms with E-state index < -0.39 is 0 Å². The Labute approximate surface area is 280 Å². The van der Waals surface area contributed by atoms with Crippen LogP contribution < -0.4 is 5.32 Å². The molecule has 1 N–H and O–H groups in total. The van der Waals surface area contributed by atoms with Crippen LogP contribution in [-0.4, -0.2) is 37.1 Å². The minimum atomic E-state index is 0.586. The minimum Gasteiger partial charge on any atom is -0.370 e. The molecule has 0 bridgehead atoms. The van der Waals surface area contributed by atoms with Crippen molar-refractivity contribution in [1.29, 1.82) is 0 Å². The molecule has 2 aromatic heterocycles. The Morgan fingerprint density at radius 3 is 2.06 bits per heavy atom. The highest BCUT2D eigenvalue weighted by atomic mass is 32.1. The van der Waals surface area contributed by atoms with Gasteiger partial charge in [0.2, 0.25) is 0 Å². The van der Waals surface area contributed by atoms with Crippen LogP contribution in [0.3, 0.4) is 0 Å². The predicted molar refractivity (Wildman–Crippen MR) is 206 cm³/mol. The third-order valence-electron chi connectivity index (χ3n) is 7.50. The van der Waals surface area contributed by atoms with Crippen molar-refractivity contribution in [2.24, 2.45) is 20.0 Å². The lowest BCUT2D eigenvalue weighted by molar-refractivity contribution is 0.799. The van der Waals surface area contributed by atoms with Gasteiger partial charge in [-0.15, -0.1) is 11.3 Å². The fourth-order valence-electron chi connectivity index (χ4n) is 5.37. The second kappa shape index (κ2) is 16.6. The molecule has 0 aliphatic carbocycles. The first-order chi connectivity index (χ1) is 23.2. The van der Waals surface area contributed by atoms with Gasteiger partial charge in [-0.2, -0.15) is 0 Å². The summed E-state index contributed by atoms with van der Waals surface area (Å²) >= 11 is 1.51. The van der Waals surface area contributed by atoms with Crippen molar-refractivity contribution in [2.45, 2.75) is 20.1 Å². The molecule has 0 atom stereocenters. The Kier molecular flexibility index (Phi) is 11.6. The van der Waals surface area contributed by atoms with E-state index in [0.717, 1.165) is 28.6 Å². The maximum atomic E-state index is 4.66. The van der Waals surface area contributed by atoms with Gasteiger partial charge in [0.25, 0.3) is 0 Å². The van der Waals surface area contributed by atoms with Crippen LogP contribution in [0.2, 0.25) is 0 Å². The van der Waals surface area contributed by atoms with E-state index in [-0.39, 0.29) is 0 Å². The standard InChI is InChI=1S/C18H14N2.C16H18N2.C6H6N2S/c1-19-12-20-16-9-5-4-8-15(16)18-14-7-3-2-6-13(14)10-11-17(18)20;1-2-17-16(15-11-7-4-8-12-15)18-13-14-9-5-3-6-10-14;1-7-5-3-4-9-6(5)8-2/h2-11H,1,12H2;3-12H,2,13H2,1H3,(H,17,18);3-4H,1-2H2. The highest BCUT2D eigenvalue weighted by molar-refractivity contribution is 7.14. The number of fused-ring (bicyclic) bond motifs is 5. The highest BCUT2D eigenvalue weighted by Gasteiger charge is 2.12. The van der Waals surface area contributed by atoms with Gasteiger partial charge in [-0.1, -0.05) is 109 Å². The van der Waals surface area contributed by atoms with E-state index in [4.69, 9.17) is 0 Å². The summed E-state index contributed by atoms with van der Waals surface area (Å²) in [5, 5.41) is 11.2. The number of hydrogen-bond donors (Lipinski definition) is 1. The molecule has 47 heavy (non-hydrogen) atoms. The molecular weight excluding hydrogens is 597 g/mol. The second-order valence-corrected chi connectivity index (χ2v) is 11.4. The summed E-state index contributed by atoms with van der Waals surface area (Å²) in [6, 6.07) is 43.8. The lowest BCUT2D eigenvalue weighted by Gasteiger charge is -2.08. The summed E-state index contributed by atoms with van der Waals surface area (Å²) < 4.78 is 2.23. The van der Waals surface area contributed by atoms with Crippen LogP contribution in [0, 0.1) is 0 Å². The van der Waals surface area contributed by atoms with Crippen molar-refractivity contribution in [3.8, 4) is 0 Å². The van der Waals surface area contributed by atoms with Gasteiger partial charge in [-0.3, -0.25) is 20.0 Å². The maximum Gasteiger partial charge on any atom is 0.140 e. The monoisotopic (exact) mass is 634 g/mol. The van der Waals surface area contributed by atoms with Gasteiger partial charge >= 0.3 is 0 Å². The van der Waals surface area contributed by atoms with E-state index >= 15 is 0 Å². The number of amidine groups is 1. The van der Waals surface area contributed by atoms with Crippen LogP contribution in [0.1, 0.15) is 18.1 Å². The molecule has 7 aromatic rings. The molecule has 0 unspecified atom stereocenters. The molecule has 0 spiro atoms. The Morgan fingerprint density at radius 2 is 1.38 bits per heavy atom. The number of nitrogens with one attached hydrogen (secondary N) is 1. The highest BCUT2D eigenvalue weighted by Crippen LogP contribution is 2.35. The van der Waals surface area contributed by atoms with Gasteiger partial charge in [-0.25, -0.2) is 0 Å². The third kappa shape index (κ3) is 7.95. The fraction of sp³-hybridized carbons (Fsp3) is 0.100. The van der Waals surface area contributed by atoms with Crippen LogP contribution in [0.15, 0.2) is 153 Å². The van der Waals surface area contributed by atoms with Gasteiger partial charge < -0.3 is 9.88 Å². The van der Waals surface area contributed by atoms with Gasteiger partial charge in [0, 0.05) is 22.9 Å². The number of thiophene rings is 1. The van der Waals surface area contributed by atoms with Crippen LogP contribution in [0.4, 0.5) is 10.7 Å². The predicted octanol–water partition coefficient (Wildman–Crippen LogP) is 10.3. The Bertz CT molecular complexity index is 2090. The zero-order valence-corrected chi connectivity index (χ0v) is 27.4.